The van der Waals surface area contributed by atoms with E-state index in [1.165, 1.54) is 12.0 Å². The number of rotatable bonds is 4. The molecule has 32 heavy (non-hydrogen) atoms. The molecule has 2 aliphatic rings. The molecular formula is C22H34N4O6. The number of hydrogen-bond donors (Lipinski definition) is 1. The molecule has 178 valence electrons. The first-order chi connectivity index (χ1) is 14.9. The minimum absolute atomic E-state index is 0.0655. The van der Waals surface area contributed by atoms with Gasteiger partial charge in [0, 0.05) is 6.54 Å². The highest BCUT2D eigenvalue weighted by molar-refractivity contribution is 5.92. The lowest BCUT2D eigenvalue weighted by Crippen LogP contribution is -2.59. The van der Waals surface area contributed by atoms with Crippen LogP contribution in [0.3, 0.4) is 0 Å². The van der Waals surface area contributed by atoms with Gasteiger partial charge in [0.2, 0.25) is 0 Å². The van der Waals surface area contributed by atoms with Gasteiger partial charge in [0.1, 0.15) is 11.2 Å². The molecule has 0 bridgehead atoms. The third-order valence-electron chi connectivity index (χ3n) is 5.35. The highest BCUT2D eigenvalue weighted by atomic mass is 16.6. The highest BCUT2D eigenvalue weighted by Crippen LogP contribution is 2.25. The topological polar surface area (TPSA) is 112 Å². The maximum atomic E-state index is 12.9. The van der Waals surface area contributed by atoms with Gasteiger partial charge in [-0.2, -0.15) is 5.10 Å². The second-order valence-corrected chi connectivity index (χ2v) is 9.89. The lowest BCUT2D eigenvalue weighted by atomic mass is 10.0. The Morgan fingerprint density at radius 2 is 1.97 bits per heavy atom. The molecule has 1 N–H and O–H groups in total. The molecule has 1 unspecified atom stereocenters. The van der Waals surface area contributed by atoms with E-state index in [9.17, 15) is 14.4 Å². The SMILES string of the molecule is COC(=O)c1c(CNC(=O)C2CN(C(=O)OC(C)(C)C)CC(C)(C)O2)nn2c1CCCC2. The number of fused-ring (bicyclic) bond motifs is 1. The fourth-order valence-corrected chi connectivity index (χ4v) is 4.08. The van der Waals surface area contributed by atoms with Crippen molar-refractivity contribution in [2.75, 3.05) is 20.2 Å². The van der Waals surface area contributed by atoms with E-state index in [-0.39, 0.29) is 19.0 Å². The molecule has 0 saturated carbocycles. The Hall–Kier alpha value is -2.62. The number of aryl methyl sites for hydroxylation is 1. The average Bonchev–Trinajstić information content (AvgIpc) is 3.07. The average molecular weight is 451 g/mol. The van der Waals surface area contributed by atoms with Crippen LogP contribution in [0, 0.1) is 0 Å². The molecule has 2 aliphatic heterocycles. The number of hydrogen-bond acceptors (Lipinski definition) is 7. The van der Waals surface area contributed by atoms with Gasteiger partial charge in [-0.25, -0.2) is 9.59 Å². The Labute approximate surface area is 188 Å². The van der Waals surface area contributed by atoms with E-state index in [2.05, 4.69) is 10.4 Å². The van der Waals surface area contributed by atoms with Crippen LogP contribution in [0.4, 0.5) is 4.79 Å². The van der Waals surface area contributed by atoms with Crippen molar-refractivity contribution in [3.05, 3.63) is 17.0 Å². The summed E-state index contributed by atoms with van der Waals surface area (Å²) in [6.07, 6.45) is 1.36. The molecule has 10 heteroatoms. The van der Waals surface area contributed by atoms with Gasteiger partial charge in [-0.3, -0.25) is 9.48 Å². The number of nitrogens with one attached hydrogen (secondary N) is 1. The fraction of sp³-hybridized carbons (Fsp3) is 0.727. The number of aromatic nitrogens is 2. The van der Waals surface area contributed by atoms with Crippen molar-refractivity contribution in [1.29, 1.82) is 0 Å². The summed E-state index contributed by atoms with van der Waals surface area (Å²) in [6, 6.07) is 0. The van der Waals surface area contributed by atoms with Gasteiger partial charge in [-0.05, 0) is 53.9 Å². The summed E-state index contributed by atoms with van der Waals surface area (Å²) in [6.45, 7) is 10.2. The van der Waals surface area contributed by atoms with E-state index < -0.39 is 29.4 Å². The number of esters is 1. The molecule has 1 saturated heterocycles. The van der Waals surface area contributed by atoms with Crippen molar-refractivity contribution >= 4 is 18.0 Å². The van der Waals surface area contributed by atoms with Gasteiger partial charge in [0.25, 0.3) is 5.91 Å². The van der Waals surface area contributed by atoms with Crippen LogP contribution in [-0.2, 0) is 38.5 Å². The summed E-state index contributed by atoms with van der Waals surface area (Å²) in [5.74, 6) is -0.836. The van der Waals surface area contributed by atoms with Gasteiger partial charge in [-0.1, -0.05) is 0 Å². The molecule has 3 rings (SSSR count). The number of carbonyl (C=O) groups is 3. The second kappa shape index (κ2) is 9.09. The predicted molar refractivity (Wildman–Crippen MR) is 115 cm³/mol. The molecule has 1 atom stereocenters. The van der Waals surface area contributed by atoms with Crippen molar-refractivity contribution in [2.24, 2.45) is 0 Å². The standard InChI is InChI=1S/C22H34N4O6/c1-21(2,3)32-20(29)25-12-16(31-22(4,5)13-25)18(27)23-11-14-17(19(28)30-6)15-9-7-8-10-26(15)24-14/h16H,7-13H2,1-6H3,(H,23,27). The summed E-state index contributed by atoms with van der Waals surface area (Å²) in [5, 5.41) is 7.34. The zero-order chi connectivity index (χ0) is 23.7. The van der Waals surface area contributed by atoms with E-state index in [1.54, 1.807) is 20.8 Å². The first-order valence-corrected chi connectivity index (χ1v) is 11.0. The molecule has 1 aromatic rings. The molecule has 0 aromatic carbocycles. The molecule has 10 nitrogen and oxygen atoms in total. The second-order valence-electron chi connectivity index (χ2n) is 9.89. The number of carbonyl (C=O) groups excluding carboxylic acids is 3. The minimum atomic E-state index is -0.870. The fourth-order valence-electron chi connectivity index (χ4n) is 4.08. The van der Waals surface area contributed by atoms with Crippen molar-refractivity contribution < 1.29 is 28.6 Å². The van der Waals surface area contributed by atoms with E-state index in [1.807, 2.05) is 18.5 Å². The van der Waals surface area contributed by atoms with E-state index in [0.29, 0.717) is 17.8 Å². The molecule has 0 spiro atoms. The van der Waals surface area contributed by atoms with Crippen LogP contribution in [0.2, 0.25) is 0 Å². The Bertz CT molecular complexity index is 886. The normalized spacial score (nSPS) is 20.3. The molecule has 3 heterocycles. The maximum Gasteiger partial charge on any atom is 0.410 e. The van der Waals surface area contributed by atoms with Crippen LogP contribution in [0.15, 0.2) is 0 Å². The lowest BCUT2D eigenvalue weighted by molar-refractivity contribution is -0.161. The third kappa shape index (κ3) is 5.59. The van der Waals surface area contributed by atoms with E-state index in [0.717, 1.165) is 31.5 Å². The molecular weight excluding hydrogens is 416 g/mol. The van der Waals surface area contributed by atoms with E-state index >= 15 is 0 Å². The molecule has 0 radical (unpaired) electrons. The Morgan fingerprint density at radius 3 is 2.62 bits per heavy atom. The number of morpholine rings is 1. The summed E-state index contributed by atoms with van der Waals surface area (Å²) in [7, 11) is 1.33. The highest BCUT2D eigenvalue weighted by Gasteiger charge is 2.40. The third-order valence-corrected chi connectivity index (χ3v) is 5.35. The number of nitrogens with zero attached hydrogens (tertiary/aromatic N) is 3. The first kappa shape index (κ1) is 24.0. The van der Waals surface area contributed by atoms with Crippen LogP contribution < -0.4 is 5.32 Å². The number of ether oxygens (including phenoxy) is 3. The van der Waals surface area contributed by atoms with Gasteiger partial charge in [0.05, 0.1) is 43.7 Å². The zero-order valence-corrected chi connectivity index (χ0v) is 19.8. The minimum Gasteiger partial charge on any atom is -0.465 e. The Kier molecular flexibility index (Phi) is 6.83. The van der Waals surface area contributed by atoms with Crippen LogP contribution in [0.25, 0.3) is 0 Å². The number of amides is 2. The molecule has 2 amide bonds. The van der Waals surface area contributed by atoms with E-state index in [4.69, 9.17) is 14.2 Å². The molecule has 1 aromatic heterocycles. The lowest BCUT2D eigenvalue weighted by Gasteiger charge is -2.42. The maximum absolute atomic E-state index is 12.9. The largest absolute Gasteiger partial charge is 0.465 e. The molecule has 1 fully saturated rings. The van der Waals surface area contributed by atoms with Crippen molar-refractivity contribution in [3.63, 3.8) is 0 Å². The first-order valence-electron chi connectivity index (χ1n) is 11.0. The summed E-state index contributed by atoms with van der Waals surface area (Å²) in [5.41, 5.74) is 0.386. The van der Waals surface area contributed by atoms with Gasteiger partial charge < -0.3 is 24.4 Å². The summed E-state index contributed by atoms with van der Waals surface area (Å²) >= 11 is 0. The van der Waals surface area contributed by atoms with Crippen LogP contribution in [-0.4, -0.2) is 70.2 Å². The van der Waals surface area contributed by atoms with Crippen LogP contribution in [0.5, 0.6) is 0 Å². The molecule has 0 aliphatic carbocycles. The smallest absolute Gasteiger partial charge is 0.410 e. The van der Waals surface area contributed by atoms with Crippen molar-refractivity contribution in [1.82, 2.24) is 20.0 Å². The van der Waals surface area contributed by atoms with Gasteiger partial charge in [0.15, 0.2) is 6.10 Å². The Balaban J connectivity index is 1.71. The quantitative estimate of drug-likeness (QED) is 0.699. The van der Waals surface area contributed by atoms with Crippen molar-refractivity contribution in [2.45, 2.75) is 84.3 Å². The van der Waals surface area contributed by atoms with Gasteiger partial charge >= 0.3 is 12.1 Å². The van der Waals surface area contributed by atoms with Gasteiger partial charge in [-0.15, -0.1) is 0 Å². The number of methoxy groups -OCH3 is 1. The Morgan fingerprint density at radius 1 is 1.25 bits per heavy atom. The monoisotopic (exact) mass is 450 g/mol. The van der Waals surface area contributed by atoms with Crippen LogP contribution >= 0.6 is 0 Å². The summed E-state index contributed by atoms with van der Waals surface area (Å²) in [4.78, 5) is 39.4. The summed E-state index contributed by atoms with van der Waals surface area (Å²) < 4.78 is 18.2. The van der Waals surface area contributed by atoms with Crippen LogP contribution in [0.1, 0.15) is 69.2 Å². The predicted octanol–water partition coefficient (Wildman–Crippen LogP) is 2.04. The van der Waals surface area contributed by atoms with Crippen molar-refractivity contribution in [3.8, 4) is 0 Å². The zero-order valence-electron chi connectivity index (χ0n) is 19.8.